The van der Waals surface area contributed by atoms with E-state index in [0.717, 1.165) is 0 Å². The van der Waals surface area contributed by atoms with Crippen molar-refractivity contribution < 1.29 is 22.7 Å². The molecule has 0 aliphatic carbocycles. The summed E-state index contributed by atoms with van der Waals surface area (Å²) < 4.78 is 36.2. The van der Waals surface area contributed by atoms with Gasteiger partial charge in [0.1, 0.15) is 13.2 Å². The van der Waals surface area contributed by atoms with E-state index < -0.39 is 9.84 Å². The molecule has 1 aromatic carbocycles. The van der Waals surface area contributed by atoms with Crippen molar-refractivity contribution in [2.24, 2.45) is 0 Å². The average molecular weight is 391 g/mol. The Morgan fingerprint density at radius 3 is 2.67 bits per heavy atom. The predicted molar refractivity (Wildman–Crippen MR) is 99.4 cm³/mol. The van der Waals surface area contributed by atoms with Crippen molar-refractivity contribution in [1.29, 1.82) is 0 Å². The molecule has 0 saturated carbocycles. The molecule has 144 valence electrons. The van der Waals surface area contributed by atoms with Crippen molar-refractivity contribution in [3.63, 3.8) is 0 Å². The number of aromatic nitrogens is 2. The van der Waals surface area contributed by atoms with E-state index in [2.05, 4.69) is 10.4 Å². The molecule has 1 N–H and O–H groups in total. The summed E-state index contributed by atoms with van der Waals surface area (Å²) in [6.45, 7) is 4.53. The first-order valence-electron chi connectivity index (χ1n) is 8.81. The number of rotatable bonds is 3. The highest BCUT2D eigenvalue weighted by Crippen LogP contribution is 2.33. The van der Waals surface area contributed by atoms with Crippen LogP contribution in [0.25, 0.3) is 0 Å². The second-order valence-corrected chi connectivity index (χ2v) is 9.09. The standard InChI is InChI=1S/C18H21N3O5S/c1-11-17(12(2)21(20-11)14-5-8-27(23,24)10-14)18(22)19-13-3-4-15-16(9-13)26-7-6-25-15/h3-4,9,14H,5-8,10H2,1-2H3,(H,19,22)/t14-/m1/s1. The van der Waals surface area contributed by atoms with E-state index in [9.17, 15) is 13.2 Å². The van der Waals surface area contributed by atoms with Crippen LogP contribution in [0, 0.1) is 13.8 Å². The van der Waals surface area contributed by atoms with Crippen LogP contribution < -0.4 is 14.8 Å². The molecule has 0 spiro atoms. The Bertz CT molecular complexity index is 1010. The summed E-state index contributed by atoms with van der Waals surface area (Å²) in [6.07, 6.45) is 0.521. The van der Waals surface area contributed by atoms with Gasteiger partial charge in [0.25, 0.3) is 5.91 Å². The van der Waals surface area contributed by atoms with Gasteiger partial charge in [0.15, 0.2) is 21.3 Å². The van der Waals surface area contributed by atoms with Gasteiger partial charge in [0, 0.05) is 17.4 Å². The molecule has 0 radical (unpaired) electrons. The highest BCUT2D eigenvalue weighted by molar-refractivity contribution is 7.91. The van der Waals surface area contributed by atoms with E-state index in [1.54, 1.807) is 36.7 Å². The fourth-order valence-corrected chi connectivity index (χ4v) is 5.32. The minimum absolute atomic E-state index is 0.0676. The quantitative estimate of drug-likeness (QED) is 0.858. The van der Waals surface area contributed by atoms with Crippen LogP contribution in [-0.2, 0) is 9.84 Å². The fourth-order valence-electron chi connectivity index (χ4n) is 3.63. The Kier molecular flexibility index (Phi) is 4.33. The fraction of sp³-hybridized carbons (Fsp3) is 0.444. The van der Waals surface area contributed by atoms with Crippen LogP contribution in [0.2, 0.25) is 0 Å². The lowest BCUT2D eigenvalue weighted by Crippen LogP contribution is -2.18. The number of hydrogen-bond donors (Lipinski definition) is 1. The van der Waals surface area contributed by atoms with Gasteiger partial charge in [-0.25, -0.2) is 8.42 Å². The molecule has 4 rings (SSSR count). The van der Waals surface area contributed by atoms with Crippen LogP contribution in [0.5, 0.6) is 11.5 Å². The molecule has 9 heteroatoms. The molecule has 2 aliphatic heterocycles. The summed E-state index contributed by atoms with van der Waals surface area (Å²) in [6, 6.07) is 5.02. The first-order chi connectivity index (χ1) is 12.8. The number of ether oxygens (including phenoxy) is 2. The topological polar surface area (TPSA) is 99.5 Å². The largest absolute Gasteiger partial charge is 0.486 e. The Morgan fingerprint density at radius 1 is 1.22 bits per heavy atom. The summed E-state index contributed by atoms with van der Waals surface area (Å²) in [5.41, 5.74) is 2.31. The molecule has 0 unspecified atom stereocenters. The van der Waals surface area contributed by atoms with Gasteiger partial charge in [0.2, 0.25) is 0 Å². The van der Waals surface area contributed by atoms with E-state index in [1.165, 1.54) is 0 Å². The van der Waals surface area contributed by atoms with Gasteiger partial charge in [-0.15, -0.1) is 0 Å². The van der Waals surface area contributed by atoms with Gasteiger partial charge in [-0.1, -0.05) is 0 Å². The molecule has 2 aliphatic rings. The predicted octanol–water partition coefficient (Wildman–Crippen LogP) is 1.88. The molecule has 1 aromatic heterocycles. The van der Waals surface area contributed by atoms with Crippen LogP contribution in [0.4, 0.5) is 5.69 Å². The lowest BCUT2D eigenvalue weighted by atomic mass is 10.1. The number of amides is 1. The number of aryl methyl sites for hydroxylation is 1. The number of carbonyl (C=O) groups excluding carboxylic acids is 1. The highest BCUT2D eigenvalue weighted by atomic mass is 32.2. The number of hydrogen-bond acceptors (Lipinski definition) is 6. The van der Waals surface area contributed by atoms with Gasteiger partial charge >= 0.3 is 0 Å². The summed E-state index contributed by atoms with van der Waals surface area (Å²) in [5, 5.41) is 7.30. The zero-order valence-corrected chi connectivity index (χ0v) is 16.0. The second kappa shape index (κ2) is 6.56. The van der Waals surface area contributed by atoms with E-state index in [0.29, 0.717) is 53.8 Å². The molecule has 0 bridgehead atoms. The van der Waals surface area contributed by atoms with Crippen molar-refractivity contribution in [3.05, 3.63) is 35.2 Å². The molecular formula is C18H21N3O5S. The van der Waals surface area contributed by atoms with Crippen molar-refractivity contribution in [2.45, 2.75) is 26.3 Å². The smallest absolute Gasteiger partial charge is 0.259 e. The van der Waals surface area contributed by atoms with Crippen molar-refractivity contribution in [3.8, 4) is 11.5 Å². The van der Waals surface area contributed by atoms with Crippen LogP contribution in [0.1, 0.15) is 34.2 Å². The zero-order valence-electron chi connectivity index (χ0n) is 15.2. The Balaban J connectivity index is 1.57. The number of benzene rings is 1. The third-order valence-corrected chi connectivity index (χ3v) is 6.66. The Hall–Kier alpha value is -2.55. The Morgan fingerprint density at radius 2 is 1.96 bits per heavy atom. The lowest BCUT2D eigenvalue weighted by molar-refractivity contribution is 0.102. The van der Waals surface area contributed by atoms with E-state index in [1.807, 2.05) is 0 Å². The third-order valence-electron chi connectivity index (χ3n) is 4.91. The number of anilines is 1. The van der Waals surface area contributed by atoms with E-state index >= 15 is 0 Å². The third kappa shape index (κ3) is 3.39. The van der Waals surface area contributed by atoms with Gasteiger partial charge in [0.05, 0.1) is 28.8 Å². The summed E-state index contributed by atoms with van der Waals surface area (Å²) >= 11 is 0. The maximum atomic E-state index is 12.8. The number of fused-ring (bicyclic) bond motifs is 1. The SMILES string of the molecule is Cc1nn([C@@H]2CCS(=O)(=O)C2)c(C)c1C(=O)Nc1ccc2c(c1)OCCO2. The number of nitrogens with zero attached hydrogens (tertiary/aromatic N) is 2. The number of carbonyl (C=O) groups is 1. The molecule has 1 atom stereocenters. The highest BCUT2D eigenvalue weighted by Gasteiger charge is 2.32. The van der Waals surface area contributed by atoms with Crippen LogP contribution in [-0.4, -0.2) is 48.8 Å². The van der Waals surface area contributed by atoms with Gasteiger partial charge in [-0.3, -0.25) is 9.48 Å². The molecule has 1 fully saturated rings. The number of sulfone groups is 1. The van der Waals surface area contributed by atoms with Crippen molar-refractivity contribution in [2.75, 3.05) is 30.0 Å². The molecule has 1 amide bonds. The van der Waals surface area contributed by atoms with E-state index in [4.69, 9.17) is 9.47 Å². The van der Waals surface area contributed by atoms with Gasteiger partial charge < -0.3 is 14.8 Å². The maximum absolute atomic E-state index is 12.8. The van der Waals surface area contributed by atoms with Gasteiger partial charge in [-0.2, -0.15) is 5.10 Å². The maximum Gasteiger partial charge on any atom is 0.259 e. The monoisotopic (exact) mass is 391 g/mol. The molecule has 2 aromatic rings. The van der Waals surface area contributed by atoms with Crippen molar-refractivity contribution >= 4 is 21.4 Å². The summed E-state index contributed by atoms with van der Waals surface area (Å²) in [7, 11) is -3.03. The normalized spacial score (nSPS) is 20.4. The average Bonchev–Trinajstić information content (AvgIpc) is 3.13. The molecule has 27 heavy (non-hydrogen) atoms. The van der Waals surface area contributed by atoms with Crippen molar-refractivity contribution in [1.82, 2.24) is 9.78 Å². The summed E-state index contributed by atoms with van der Waals surface area (Å²) in [5.74, 6) is 1.20. The van der Waals surface area contributed by atoms with Crippen LogP contribution in [0.3, 0.4) is 0 Å². The van der Waals surface area contributed by atoms with Crippen LogP contribution >= 0.6 is 0 Å². The number of nitrogens with one attached hydrogen (secondary N) is 1. The molecular weight excluding hydrogens is 370 g/mol. The first kappa shape index (κ1) is 17.8. The second-order valence-electron chi connectivity index (χ2n) is 6.86. The summed E-state index contributed by atoms with van der Waals surface area (Å²) in [4.78, 5) is 12.8. The zero-order chi connectivity index (χ0) is 19.2. The van der Waals surface area contributed by atoms with Gasteiger partial charge in [-0.05, 0) is 32.4 Å². The first-order valence-corrected chi connectivity index (χ1v) is 10.6. The molecule has 3 heterocycles. The minimum atomic E-state index is -3.03. The minimum Gasteiger partial charge on any atom is -0.486 e. The van der Waals surface area contributed by atoms with E-state index in [-0.39, 0.29) is 23.5 Å². The lowest BCUT2D eigenvalue weighted by Gasteiger charge is -2.19. The Labute approximate surface area is 157 Å². The van der Waals surface area contributed by atoms with Crippen LogP contribution in [0.15, 0.2) is 18.2 Å². The molecule has 1 saturated heterocycles. The molecule has 8 nitrogen and oxygen atoms in total.